The van der Waals surface area contributed by atoms with Gasteiger partial charge in [-0.15, -0.1) is 23.1 Å². The zero-order chi connectivity index (χ0) is 22.1. The number of hydrogen-bond acceptors (Lipinski definition) is 6. The van der Waals surface area contributed by atoms with Crippen molar-refractivity contribution in [3.05, 3.63) is 67.9 Å². The fourth-order valence-corrected chi connectivity index (χ4v) is 6.98. The number of carbonyl (C=O) groups excluding carboxylic acids is 1. The van der Waals surface area contributed by atoms with Crippen LogP contribution < -0.4 is 10.6 Å². The summed E-state index contributed by atoms with van der Waals surface area (Å²) in [6.07, 6.45) is 3.02. The van der Waals surface area contributed by atoms with Gasteiger partial charge in [0.1, 0.15) is 5.82 Å². The first-order valence-electron chi connectivity index (χ1n) is 10.5. The molecule has 0 radical (unpaired) electrons. The topological polar surface area (TPSA) is 70.1 Å². The van der Waals surface area contributed by atoms with E-state index in [9.17, 15) is 10.1 Å². The largest absolute Gasteiger partial charge is 0.384 e. The Hall–Kier alpha value is -2.01. The van der Waals surface area contributed by atoms with Crippen LogP contribution in [0.3, 0.4) is 0 Å². The van der Waals surface area contributed by atoms with Gasteiger partial charge in [0.05, 0.1) is 21.8 Å². The number of allylic oxidation sites excluding steroid dienone is 3. The zero-order valence-electron chi connectivity index (χ0n) is 17.6. The van der Waals surface area contributed by atoms with E-state index >= 15 is 0 Å². The standard InChI is InChI=1S/C24H24BrN3OS2/c1-3-16-12-17(24(31-16)30-4-2)21-18(13-26)23(27)28(15-10-8-14(25)9-11-15)19-6-5-7-20(29)22(19)21/h8-12,21H,3-7,27H2,1-2H3. The number of carbonyl (C=O) groups is 1. The Morgan fingerprint density at radius 3 is 2.68 bits per heavy atom. The van der Waals surface area contributed by atoms with Gasteiger partial charge in [-0.3, -0.25) is 9.69 Å². The van der Waals surface area contributed by atoms with Crippen molar-refractivity contribution in [2.24, 2.45) is 5.73 Å². The summed E-state index contributed by atoms with van der Waals surface area (Å²) in [7, 11) is 0. The molecular formula is C24H24BrN3OS2. The third-order valence-corrected chi connectivity index (χ3v) is 8.72. The van der Waals surface area contributed by atoms with E-state index in [2.05, 4.69) is 41.9 Å². The van der Waals surface area contributed by atoms with E-state index in [0.29, 0.717) is 17.8 Å². The summed E-state index contributed by atoms with van der Waals surface area (Å²) < 4.78 is 2.15. The Labute approximate surface area is 199 Å². The number of nitriles is 1. The molecule has 31 heavy (non-hydrogen) atoms. The van der Waals surface area contributed by atoms with Gasteiger partial charge in [-0.25, -0.2) is 0 Å². The molecule has 4 rings (SSSR count). The van der Waals surface area contributed by atoms with Crippen molar-refractivity contribution in [2.45, 2.75) is 49.7 Å². The molecule has 4 nitrogen and oxygen atoms in total. The first kappa shape index (κ1) is 22.2. The van der Waals surface area contributed by atoms with E-state index in [1.165, 1.54) is 9.09 Å². The lowest BCUT2D eigenvalue weighted by Crippen LogP contribution is -2.38. The predicted octanol–water partition coefficient (Wildman–Crippen LogP) is 6.49. The molecular weight excluding hydrogens is 490 g/mol. The molecule has 160 valence electrons. The highest BCUT2D eigenvalue weighted by molar-refractivity contribution is 9.10. The molecule has 1 aliphatic heterocycles. The van der Waals surface area contributed by atoms with E-state index in [-0.39, 0.29) is 11.7 Å². The van der Waals surface area contributed by atoms with Crippen LogP contribution in [-0.4, -0.2) is 11.5 Å². The zero-order valence-corrected chi connectivity index (χ0v) is 20.8. The SMILES string of the molecule is CCSc1sc(CC)cc1C1C(C#N)=C(N)N(c2ccc(Br)cc2)C2=C1C(=O)CCC2. The number of nitrogens with zero attached hydrogens (tertiary/aromatic N) is 2. The van der Waals surface area contributed by atoms with Gasteiger partial charge in [0.15, 0.2) is 5.78 Å². The number of benzene rings is 1. The number of thioether (sulfide) groups is 1. The summed E-state index contributed by atoms with van der Waals surface area (Å²) in [6, 6.07) is 12.4. The second-order valence-electron chi connectivity index (χ2n) is 7.53. The Morgan fingerprint density at radius 2 is 2.03 bits per heavy atom. The lowest BCUT2D eigenvalue weighted by Gasteiger charge is -2.39. The molecule has 0 amide bonds. The number of Topliss-reactive ketones (excluding diaryl/α,β-unsaturated/α-hetero) is 1. The lowest BCUT2D eigenvalue weighted by atomic mass is 9.76. The molecule has 0 saturated carbocycles. The molecule has 1 aliphatic carbocycles. The van der Waals surface area contributed by atoms with Crippen molar-refractivity contribution in [1.82, 2.24) is 0 Å². The van der Waals surface area contributed by atoms with Crippen molar-refractivity contribution >= 4 is 50.5 Å². The van der Waals surface area contributed by atoms with Crippen LogP contribution in [0.2, 0.25) is 0 Å². The fraction of sp³-hybridized carbons (Fsp3) is 0.333. The molecule has 7 heteroatoms. The quantitative estimate of drug-likeness (QED) is 0.462. The Balaban J connectivity index is 1.96. The maximum absolute atomic E-state index is 13.3. The summed E-state index contributed by atoms with van der Waals surface area (Å²) in [4.78, 5) is 16.5. The van der Waals surface area contributed by atoms with Crippen LogP contribution in [0.5, 0.6) is 0 Å². The van der Waals surface area contributed by atoms with Crippen LogP contribution in [0.25, 0.3) is 0 Å². The first-order chi connectivity index (χ1) is 15.0. The second-order valence-corrected chi connectivity index (χ2v) is 11.1. The third kappa shape index (κ3) is 3.97. The minimum absolute atomic E-state index is 0.130. The second kappa shape index (κ2) is 9.23. The smallest absolute Gasteiger partial charge is 0.161 e. The van der Waals surface area contributed by atoms with Crippen LogP contribution in [-0.2, 0) is 11.2 Å². The van der Waals surface area contributed by atoms with E-state index in [4.69, 9.17) is 5.73 Å². The summed E-state index contributed by atoms with van der Waals surface area (Å²) in [6.45, 7) is 4.26. The molecule has 0 fully saturated rings. The highest BCUT2D eigenvalue weighted by Crippen LogP contribution is 2.50. The lowest BCUT2D eigenvalue weighted by molar-refractivity contribution is -0.116. The van der Waals surface area contributed by atoms with Gasteiger partial charge in [0.2, 0.25) is 0 Å². The van der Waals surface area contributed by atoms with E-state index in [1.807, 2.05) is 29.2 Å². The molecule has 1 unspecified atom stereocenters. The highest BCUT2D eigenvalue weighted by Gasteiger charge is 2.41. The van der Waals surface area contributed by atoms with E-state index < -0.39 is 0 Å². The Bertz CT molecular complexity index is 1120. The molecule has 0 bridgehead atoms. The monoisotopic (exact) mass is 513 g/mol. The molecule has 1 aromatic heterocycles. The summed E-state index contributed by atoms with van der Waals surface area (Å²) in [5.74, 6) is 1.12. The molecule has 2 N–H and O–H groups in total. The van der Waals surface area contributed by atoms with Crippen LogP contribution in [0.1, 0.15) is 49.5 Å². The predicted molar refractivity (Wildman–Crippen MR) is 132 cm³/mol. The number of halogens is 1. The van der Waals surface area contributed by atoms with E-state index in [0.717, 1.165) is 52.0 Å². The molecule has 1 atom stereocenters. The van der Waals surface area contributed by atoms with Crippen molar-refractivity contribution in [3.8, 4) is 6.07 Å². The van der Waals surface area contributed by atoms with Crippen molar-refractivity contribution in [2.75, 3.05) is 10.7 Å². The van der Waals surface area contributed by atoms with E-state index in [1.54, 1.807) is 23.1 Å². The van der Waals surface area contributed by atoms with Gasteiger partial charge in [-0.2, -0.15) is 5.26 Å². The molecule has 2 aliphatic rings. The first-order valence-corrected chi connectivity index (χ1v) is 13.1. The number of nitrogens with two attached hydrogens (primary N) is 1. The van der Waals surface area contributed by atoms with Gasteiger partial charge in [0, 0.05) is 32.7 Å². The van der Waals surface area contributed by atoms with Gasteiger partial charge < -0.3 is 5.73 Å². The van der Waals surface area contributed by atoms with Crippen LogP contribution in [0, 0.1) is 11.3 Å². The van der Waals surface area contributed by atoms with Crippen molar-refractivity contribution in [1.29, 1.82) is 5.26 Å². The maximum Gasteiger partial charge on any atom is 0.161 e. The minimum atomic E-state index is -0.384. The maximum atomic E-state index is 13.3. The Kier molecular flexibility index (Phi) is 6.61. The fourth-order valence-electron chi connectivity index (χ4n) is 4.34. The number of rotatable bonds is 5. The summed E-state index contributed by atoms with van der Waals surface area (Å²) >= 11 is 7.03. The van der Waals surface area contributed by atoms with Gasteiger partial charge in [-0.1, -0.05) is 29.8 Å². The van der Waals surface area contributed by atoms with Gasteiger partial charge >= 0.3 is 0 Å². The average molecular weight is 515 g/mol. The Morgan fingerprint density at radius 1 is 1.29 bits per heavy atom. The number of thiophene rings is 1. The number of aryl methyl sites for hydroxylation is 1. The molecule has 2 heterocycles. The normalized spacial score (nSPS) is 19.0. The number of hydrogen-bond donors (Lipinski definition) is 1. The average Bonchev–Trinajstić information content (AvgIpc) is 3.17. The third-order valence-electron chi connectivity index (χ3n) is 5.71. The summed E-state index contributed by atoms with van der Waals surface area (Å²) in [5.41, 5.74) is 10.8. The molecule has 2 aromatic rings. The van der Waals surface area contributed by atoms with Crippen LogP contribution >= 0.6 is 39.0 Å². The summed E-state index contributed by atoms with van der Waals surface area (Å²) in [5, 5.41) is 10.2. The van der Waals surface area contributed by atoms with Gasteiger partial charge in [0.25, 0.3) is 0 Å². The van der Waals surface area contributed by atoms with Gasteiger partial charge in [-0.05, 0) is 60.9 Å². The molecule has 0 spiro atoms. The number of anilines is 1. The minimum Gasteiger partial charge on any atom is -0.384 e. The number of ketones is 1. The van der Waals surface area contributed by atoms with Crippen molar-refractivity contribution < 1.29 is 4.79 Å². The van der Waals surface area contributed by atoms with Crippen LogP contribution in [0.4, 0.5) is 5.69 Å². The van der Waals surface area contributed by atoms with Crippen LogP contribution in [0.15, 0.2) is 61.7 Å². The molecule has 0 saturated heterocycles. The molecule has 1 aromatic carbocycles. The highest BCUT2D eigenvalue weighted by atomic mass is 79.9. The van der Waals surface area contributed by atoms with Crippen molar-refractivity contribution in [3.63, 3.8) is 0 Å².